The van der Waals surface area contributed by atoms with Gasteiger partial charge >= 0.3 is 0 Å². The molecule has 2 aromatic rings. The second kappa shape index (κ2) is 5.12. The van der Waals surface area contributed by atoms with Crippen LogP contribution in [-0.2, 0) is 0 Å². The first kappa shape index (κ1) is 13.1. The molecule has 0 amide bonds. The molecule has 18 heavy (non-hydrogen) atoms. The number of benzene rings is 1. The molecule has 1 aromatic heterocycles. The molecule has 1 aromatic carbocycles. The minimum absolute atomic E-state index is 0.00571. The number of carbonyl (C=O) groups is 1. The summed E-state index contributed by atoms with van der Waals surface area (Å²) in [5, 5.41) is 0.507. The predicted molar refractivity (Wildman–Crippen MR) is 75.2 cm³/mol. The quantitative estimate of drug-likeness (QED) is 0.786. The number of hydrogen-bond donors (Lipinski definition) is 0. The van der Waals surface area contributed by atoms with E-state index >= 15 is 0 Å². The molecule has 0 aliphatic carbocycles. The Balaban J connectivity index is 2.39. The van der Waals surface area contributed by atoms with Gasteiger partial charge in [-0.3, -0.25) is 4.79 Å². The van der Waals surface area contributed by atoms with Crippen molar-refractivity contribution in [2.45, 2.75) is 13.8 Å². The zero-order chi connectivity index (χ0) is 13.3. The molecule has 0 fully saturated rings. The highest BCUT2D eigenvalue weighted by Crippen LogP contribution is 2.28. The molecule has 2 nitrogen and oxygen atoms in total. The van der Waals surface area contributed by atoms with Crippen LogP contribution in [0.5, 0.6) is 5.75 Å². The first-order valence-corrected chi connectivity index (χ1v) is 6.67. The Bertz CT molecular complexity index is 582. The molecule has 1 heterocycles. The van der Waals surface area contributed by atoms with Gasteiger partial charge in [0.1, 0.15) is 5.75 Å². The summed E-state index contributed by atoms with van der Waals surface area (Å²) < 4.78 is 5.12. The lowest BCUT2D eigenvalue weighted by Gasteiger charge is -2.04. The highest BCUT2D eigenvalue weighted by molar-refractivity contribution is 7.14. The number of ether oxygens (including phenoxy) is 1. The Kier molecular flexibility index (Phi) is 3.73. The van der Waals surface area contributed by atoms with E-state index in [1.807, 2.05) is 19.9 Å². The lowest BCUT2D eigenvalue weighted by Crippen LogP contribution is -1.99. The lowest BCUT2D eigenvalue weighted by molar-refractivity contribution is 0.104. The fraction of sp³-hybridized carbons (Fsp3) is 0.214. The Labute approximate surface area is 115 Å². The Morgan fingerprint density at radius 3 is 2.56 bits per heavy atom. The number of ketones is 1. The molecule has 0 bridgehead atoms. The van der Waals surface area contributed by atoms with Crippen molar-refractivity contribution in [1.29, 1.82) is 0 Å². The van der Waals surface area contributed by atoms with Crippen LogP contribution in [0.25, 0.3) is 0 Å². The fourth-order valence-electron chi connectivity index (χ4n) is 1.63. The Hall–Kier alpha value is -1.32. The smallest absolute Gasteiger partial charge is 0.203 e. The summed E-state index contributed by atoms with van der Waals surface area (Å²) in [6, 6.07) is 7.00. The van der Waals surface area contributed by atoms with E-state index < -0.39 is 0 Å². The van der Waals surface area contributed by atoms with Gasteiger partial charge in [-0.05, 0) is 43.7 Å². The molecule has 0 atom stereocenters. The van der Waals surface area contributed by atoms with Crippen LogP contribution in [0.3, 0.4) is 0 Å². The van der Waals surface area contributed by atoms with Crippen molar-refractivity contribution >= 4 is 28.7 Å². The fourth-order valence-corrected chi connectivity index (χ4v) is 2.82. The van der Waals surface area contributed by atoms with Gasteiger partial charge in [-0.25, -0.2) is 0 Å². The van der Waals surface area contributed by atoms with Gasteiger partial charge < -0.3 is 4.74 Å². The number of rotatable bonds is 3. The summed E-state index contributed by atoms with van der Waals surface area (Å²) in [6.07, 6.45) is 0. The van der Waals surface area contributed by atoms with Crippen molar-refractivity contribution < 1.29 is 9.53 Å². The number of thiophene rings is 1. The molecular weight excluding hydrogens is 268 g/mol. The monoisotopic (exact) mass is 280 g/mol. The molecule has 0 saturated carbocycles. The second-order valence-electron chi connectivity index (χ2n) is 4.03. The van der Waals surface area contributed by atoms with Crippen LogP contribution in [-0.4, -0.2) is 12.9 Å². The van der Waals surface area contributed by atoms with Gasteiger partial charge in [-0.2, -0.15) is 0 Å². The highest BCUT2D eigenvalue weighted by Gasteiger charge is 2.14. The predicted octanol–water partition coefficient (Wildman–Crippen LogP) is 4.26. The number of aryl methyl sites for hydroxylation is 2. The van der Waals surface area contributed by atoms with Gasteiger partial charge in [0.05, 0.1) is 17.0 Å². The molecule has 0 N–H and O–H groups in total. The minimum atomic E-state index is 0.00571. The van der Waals surface area contributed by atoms with Gasteiger partial charge in [0.2, 0.25) is 5.78 Å². The van der Waals surface area contributed by atoms with Crippen molar-refractivity contribution in [3.8, 4) is 5.75 Å². The maximum Gasteiger partial charge on any atom is 0.203 e. The van der Waals surface area contributed by atoms with Crippen LogP contribution >= 0.6 is 22.9 Å². The van der Waals surface area contributed by atoms with Crippen LogP contribution in [0.2, 0.25) is 5.02 Å². The van der Waals surface area contributed by atoms with E-state index in [0.29, 0.717) is 16.3 Å². The van der Waals surface area contributed by atoms with E-state index in [4.69, 9.17) is 16.3 Å². The molecule has 0 radical (unpaired) electrons. The first-order chi connectivity index (χ1) is 8.52. The van der Waals surface area contributed by atoms with Crippen LogP contribution in [0, 0.1) is 13.8 Å². The maximum absolute atomic E-state index is 12.3. The van der Waals surface area contributed by atoms with Crippen LogP contribution in [0.1, 0.15) is 25.7 Å². The average Bonchev–Trinajstić information content (AvgIpc) is 2.69. The largest absolute Gasteiger partial charge is 0.495 e. The molecule has 2 rings (SSSR count). The topological polar surface area (TPSA) is 26.3 Å². The molecule has 4 heteroatoms. The zero-order valence-corrected chi connectivity index (χ0v) is 12.0. The maximum atomic E-state index is 12.3. The Morgan fingerprint density at radius 1 is 1.28 bits per heavy atom. The van der Waals surface area contributed by atoms with Crippen molar-refractivity contribution in [2.75, 3.05) is 7.11 Å². The molecule has 94 valence electrons. The third kappa shape index (κ3) is 2.42. The number of methoxy groups -OCH3 is 1. The third-order valence-electron chi connectivity index (χ3n) is 2.80. The standard InChI is InChI=1S/C14H13ClO2S/c1-8-6-13(18-9(8)2)14(16)10-4-5-11(15)12(7-10)17-3/h4-7H,1-3H3. The van der Waals surface area contributed by atoms with E-state index in [2.05, 4.69) is 0 Å². The van der Waals surface area contributed by atoms with Crippen molar-refractivity contribution in [2.24, 2.45) is 0 Å². The van der Waals surface area contributed by atoms with Gasteiger partial charge in [-0.15, -0.1) is 11.3 Å². The zero-order valence-electron chi connectivity index (χ0n) is 10.4. The van der Waals surface area contributed by atoms with Crippen LogP contribution < -0.4 is 4.74 Å². The van der Waals surface area contributed by atoms with Crippen LogP contribution in [0.4, 0.5) is 0 Å². The van der Waals surface area contributed by atoms with Crippen molar-refractivity contribution in [3.63, 3.8) is 0 Å². The molecule has 0 unspecified atom stereocenters. The summed E-state index contributed by atoms with van der Waals surface area (Å²) in [5.41, 5.74) is 1.74. The number of hydrogen-bond acceptors (Lipinski definition) is 3. The average molecular weight is 281 g/mol. The van der Waals surface area contributed by atoms with Gasteiger partial charge in [0, 0.05) is 10.4 Å². The van der Waals surface area contributed by atoms with Crippen molar-refractivity contribution in [1.82, 2.24) is 0 Å². The molecule has 0 aliphatic heterocycles. The molecule has 0 saturated heterocycles. The SMILES string of the molecule is COc1cc(C(=O)c2cc(C)c(C)s2)ccc1Cl. The van der Waals surface area contributed by atoms with E-state index in [0.717, 1.165) is 10.4 Å². The normalized spacial score (nSPS) is 10.4. The summed E-state index contributed by atoms with van der Waals surface area (Å²) in [7, 11) is 1.54. The van der Waals surface area contributed by atoms with E-state index in [1.54, 1.807) is 18.2 Å². The lowest BCUT2D eigenvalue weighted by atomic mass is 10.1. The third-order valence-corrected chi connectivity index (χ3v) is 4.27. The summed E-state index contributed by atoms with van der Waals surface area (Å²) in [4.78, 5) is 14.2. The van der Waals surface area contributed by atoms with E-state index in [9.17, 15) is 4.79 Å². The number of halogens is 1. The van der Waals surface area contributed by atoms with E-state index in [1.165, 1.54) is 23.3 Å². The number of carbonyl (C=O) groups excluding carboxylic acids is 1. The summed E-state index contributed by atoms with van der Waals surface area (Å²) in [5.74, 6) is 0.527. The van der Waals surface area contributed by atoms with Gasteiger partial charge in [0.15, 0.2) is 0 Å². The Morgan fingerprint density at radius 2 is 2.00 bits per heavy atom. The molecule has 0 spiro atoms. The molecular formula is C14H13ClO2S. The highest BCUT2D eigenvalue weighted by atomic mass is 35.5. The summed E-state index contributed by atoms with van der Waals surface area (Å²) >= 11 is 7.45. The molecule has 0 aliphatic rings. The first-order valence-electron chi connectivity index (χ1n) is 5.48. The van der Waals surface area contributed by atoms with Crippen molar-refractivity contribution in [3.05, 3.63) is 50.2 Å². The van der Waals surface area contributed by atoms with Gasteiger partial charge in [0.25, 0.3) is 0 Å². The van der Waals surface area contributed by atoms with Crippen LogP contribution in [0.15, 0.2) is 24.3 Å². The van der Waals surface area contributed by atoms with E-state index in [-0.39, 0.29) is 5.78 Å². The van der Waals surface area contributed by atoms with Gasteiger partial charge in [-0.1, -0.05) is 11.6 Å². The second-order valence-corrected chi connectivity index (χ2v) is 5.69. The minimum Gasteiger partial charge on any atom is -0.495 e. The summed E-state index contributed by atoms with van der Waals surface area (Å²) in [6.45, 7) is 4.02.